The van der Waals surface area contributed by atoms with Crippen molar-refractivity contribution in [3.63, 3.8) is 0 Å². The number of aliphatic hydroxyl groups excluding tert-OH is 1. The van der Waals surface area contributed by atoms with Crippen LogP contribution in [0.5, 0.6) is 0 Å². The average Bonchev–Trinajstić information content (AvgIpc) is 2.35. The maximum Gasteiger partial charge on any atom is 0.0575 e. The van der Waals surface area contributed by atoms with Gasteiger partial charge in [-0.2, -0.15) is 0 Å². The third kappa shape index (κ3) is 12.2. The van der Waals surface area contributed by atoms with Crippen molar-refractivity contribution in [3.05, 3.63) is 0 Å². The van der Waals surface area contributed by atoms with Crippen molar-refractivity contribution >= 4 is 0 Å². The minimum atomic E-state index is 0.315. The molecule has 0 spiro atoms. The van der Waals surface area contributed by atoms with Gasteiger partial charge in [0, 0.05) is 13.2 Å². The Morgan fingerprint density at radius 1 is 0.824 bits per heavy atom. The van der Waals surface area contributed by atoms with Crippen LogP contribution in [0.3, 0.4) is 0 Å². The molecule has 0 aliphatic carbocycles. The van der Waals surface area contributed by atoms with E-state index in [0.717, 1.165) is 25.9 Å². The summed E-state index contributed by atoms with van der Waals surface area (Å²) in [5.41, 5.74) is 0. The molecule has 0 aliphatic rings. The smallest absolute Gasteiger partial charge is 0.0575 e. The van der Waals surface area contributed by atoms with Gasteiger partial charge in [-0.15, -0.1) is 0 Å². The van der Waals surface area contributed by atoms with Crippen molar-refractivity contribution in [1.82, 2.24) is 0 Å². The molecule has 0 rings (SSSR count). The lowest BCUT2D eigenvalue weighted by atomic mass is 10.1. The highest BCUT2D eigenvalue weighted by atomic mass is 16.5. The number of unbranched alkanes of at least 4 members (excludes halogenated alkanes) is 5. The van der Waals surface area contributed by atoms with Crippen LogP contribution in [0.15, 0.2) is 0 Å². The number of aliphatic hydroxyl groups is 1. The second-order valence-electron chi connectivity index (χ2n) is 4.92. The van der Waals surface area contributed by atoms with Crippen molar-refractivity contribution in [2.75, 3.05) is 13.2 Å². The van der Waals surface area contributed by atoms with E-state index in [4.69, 9.17) is 9.84 Å². The molecule has 0 radical (unpaired) electrons. The molecule has 0 aromatic rings. The number of rotatable bonds is 13. The first-order valence-electron chi connectivity index (χ1n) is 7.57. The molecule has 0 saturated carbocycles. The second-order valence-corrected chi connectivity index (χ2v) is 4.92. The van der Waals surface area contributed by atoms with Gasteiger partial charge in [-0.3, -0.25) is 0 Å². The largest absolute Gasteiger partial charge is 0.396 e. The van der Waals surface area contributed by atoms with Gasteiger partial charge in [0.1, 0.15) is 0 Å². The molecule has 0 aromatic carbocycles. The normalized spacial score (nSPS) is 12.9. The maximum absolute atomic E-state index is 8.69. The summed E-state index contributed by atoms with van der Waals surface area (Å²) in [6.07, 6.45) is 12.5. The average molecular weight is 244 g/mol. The third-order valence-corrected chi connectivity index (χ3v) is 3.17. The summed E-state index contributed by atoms with van der Waals surface area (Å²) < 4.78 is 5.96. The quantitative estimate of drug-likeness (QED) is 0.489. The molecule has 1 unspecified atom stereocenters. The summed E-state index contributed by atoms with van der Waals surface area (Å²) in [5.74, 6) is 0. The van der Waals surface area contributed by atoms with Crippen LogP contribution in [0.2, 0.25) is 0 Å². The zero-order chi connectivity index (χ0) is 12.8. The molecular weight excluding hydrogens is 212 g/mol. The first kappa shape index (κ1) is 16.9. The molecule has 2 heteroatoms. The standard InChI is InChI=1S/C15H32O2/c1-3-5-8-12-15(11-6-4-2)17-14-10-7-9-13-16/h15-16H,3-14H2,1-2H3. The Kier molecular flexibility index (Phi) is 13.9. The summed E-state index contributed by atoms with van der Waals surface area (Å²) >= 11 is 0. The minimum absolute atomic E-state index is 0.315. The number of ether oxygens (including phenoxy) is 1. The van der Waals surface area contributed by atoms with Crippen molar-refractivity contribution in [3.8, 4) is 0 Å². The van der Waals surface area contributed by atoms with Crippen LogP contribution in [-0.2, 0) is 4.74 Å². The van der Waals surface area contributed by atoms with E-state index in [1.165, 1.54) is 44.9 Å². The Morgan fingerprint density at radius 2 is 1.53 bits per heavy atom. The highest BCUT2D eigenvalue weighted by Gasteiger charge is 2.07. The molecular formula is C15H32O2. The van der Waals surface area contributed by atoms with Gasteiger partial charge in [0.05, 0.1) is 6.10 Å². The van der Waals surface area contributed by atoms with Crippen LogP contribution in [0.25, 0.3) is 0 Å². The van der Waals surface area contributed by atoms with Crippen molar-refractivity contribution in [2.45, 2.75) is 84.2 Å². The van der Waals surface area contributed by atoms with Gasteiger partial charge in [0.2, 0.25) is 0 Å². The van der Waals surface area contributed by atoms with E-state index < -0.39 is 0 Å². The molecule has 0 fully saturated rings. The molecule has 0 saturated heterocycles. The zero-order valence-electron chi connectivity index (χ0n) is 11.9. The van der Waals surface area contributed by atoms with E-state index in [0.29, 0.717) is 12.7 Å². The SMILES string of the molecule is CCCCCC(CCCC)OCCCCCO. The van der Waals surface area contributed by atoms with Crippen molar-refractivity contribution < 1.29 is 9.84 Å². The maximum atomic E-state index is 8.69. The topological polar surface area (TPSA) is 29.5 Å². The van der Waals surface area contributed by atoms with Crippen LogP contribution in [0, 0.1) is 0 Å². The fraction of sp³-hybridized carbons (Fsp3) is 1.00. The highest BCUT2D eigenvalue weighted by Crippen LogP contribution is 2.14. The molecule has 0 aliphatic heterocycles. The molecule has 104 valence electrons. The predicted molar refractivity (Wildman–Crippen MR) is 74.3 cm³/mol. The Morgan fingerprint density at radius 3 is 2.18 bits per heavy atom. The van der Waals surface area contributed by atoms with E-state index in [1.54, 1.807) is 0 Å². The van der Waals surface area contributed by atoms with Gasteiger partial charge in [-0.25, -0.2) is 0 Å². The van der Waals surface area contributed by atoms with E-state index in [-0.39, 0.29) is 0 Å². The molecule has 17 heavy (non-hydrogen) atoms. The van der Waals surface area contributed by atoms with Gasteiger partial charge < -0.3 is 9.84 Å². The number of hydrogen-bond donors (Lipinski definition) is 1. The number of hydrogen-bond acceptors (Lipinski definition) is 2. The predicted octanol–water partition coefficient (Wildman–Crippen LogP) is 4.30. The molecule has 0 amide bonds. The van der Waals surface area contributed by atoms with Gasteiger partial charge in [-0.1, -0.05) is 46.0 Å². The van der Waals surface area contributed by atoms with Crippen LogP contribution in [0.4, 0.5) is 0 Å². The molecule has 0 heterocycles. The molecule has 1 N–H and O–H groups in total. The van der Waals surface area contributed by atoms with E-state index in [1.807, 2.05) is 0 Å². The zero-order valence-corrected chi connectivity index (χ0v) is 11.9. The highest BCUT2D eigenvalue weighted by molar-refractivity contribution is 4.59. The minimum Gasteiger partial charge on any atom is -0.396 e. The molecule has 0 bridgehead atoms. The first-order valence-corrected chi connectivity index (χ1v) is 7.57. The molecule has 2 nitrogen and oxygen atoms in total. The van der Waals surface area contributed by atoms with E-state index >= 15 is 0 Å². The summed E-state index contributed by atoms with van der Waals surface area (Å²) in [6, 6.07) is 0. The van der Waals surface area contributed by atoms with Gasteiger partial charge in [-0.05, 0) is 32.1 Å². The second kappa shape index (κ2) is 14.0. The fourth-order valence-corrected chi connectivity index (χ4v) is 2.01. The lowest BCUT2D eigenvalue weighted by molar-refractivity contribution is 0.0357. The molecule has 0 aromatic heterocycles. The van der Waals surface area contributed by atoms with Crippen LogP contribution < -0.4 is 0 Å². The fourth-order valence-electron chi connectivity index (χ4n) is 2.01. The lowest BCUT2D eigenvalue weighted by Crippen LogP contribution is -2.14. The van der Waals surface area contributed by atoms with Gasteiger partial charge in [0.25, 0.3) is 0 Å². The third-order valence-electron chi connectivity index (χ3n) is 3.17. The van der Waals surface area contributed by atoms with Gasteiger partial charge in [0.15, 0.2) is 0 Å². The van der Waals surface area contributed by atoms with Crippen LogP contribution >= 0.6 is 0 Å². The summed E-state index contributed by atoms with van der Waals surface area (Å²) in [4.78, 5) is 0. The van der Waals surface area contributed by atoms with Crippen molar-refractivity contribution in [1.29, 1.82) is 0 Å². The van der Waals surface area contributed by atoms with E-state index in [9.17, 15) is 0 Å². The van der Waals surface area contributed by atoms with Crippen LogP contribution in [0.1, 0.15) is 78.1 Å². The summed E-state index contributed by atoms with van der Waals surface area (Å²) in [5, 5.41) is 8.69. The van der Waals surface area contributed by atoms with Crippen LogP contribution in [-0.4, -0.2) is 24.4 Å². The Bertz CT molecular complexity index is 137. The van der Waals surface area contributed by atoms with E-state index in [2.05, 4.69) is 13.8 Å². The Labute approximate surface area is 108 Å². The summed E-state index contributed by atoms with van der Waals surface area (Å²) in [6.45, 7) is 5.68. The van der Waals surface area contributed by atoms with Crippen molar-refractivity contribution in [2.24, 2.45) is 0 Å². The lowest BCUT2D eigenvalue weighted by Gasteiger charge is -2.17. The Balaban J connectivity index is 3.53. The Hall–Kier alpha value is -0.0800. The summed E-state index contributed by atoms with van der Waals surface area (Å²) in [7, 11) is 0. The van der Waals surface area contributed by atoms with Gasteiger partial charge >= 0.3 is 0 Å². The first-order chi connectivity index (χ1) is 8.35. The molecule has 1 atom stereocenters. The monoisotopic (exact) mass is 244 g/mol.